The molecule has 0 fully saturated rings. The van der Waals surface area contributed by atoms with Crippen molar-refractivity contribution in [2.75, 3.05) is 13.7 Å². The van der Waals surface area contributed by atoms with E-state index in [1.807, 2.05) is 19.1 Å². The van der Waals surface area contributed by atoms with E-state index >= 15 is 0 Å². The molecule has 0 radical (unpaired) electrons. The Morgan fingerprint density at radius 3 is 3.07 bits per heavy atom. The second-order valence-electron chi connectivity index (χ2n) is 3.33. The SMILES string of the molecule is CONC1COc2c(C)cc(Cl)cc21. The first-order chi connectivity index (χ1) is 6.72. The summed E-state index contributed by atoms with van der Waals surface area (Å²) < 4.78 is 5.55. The van der Waals surface area contributed by atoms with Crippen LogP contribution in [0.5, 0.6) is 5.75 Å². The van der Waals surface area contributed by atoms with Crippen molar-refractivity contribution in [1.82, 2.24) is 5.48 Å². The fraction of sp³-hybridized carbons (Fsp3) is 0.400. The first kappa shape index (κ1) is 9.77. The third-order valence-electron chi connectivity index (χ3n) is 2.30. The van der Waals surface area contributed by atoms with Crippen molar-refractivity contribution in [3.05, 3.63) is 28.3 Å². The minimum Gasteiger partial charge on any atom is -0.491 e. The molecule has 1 aliphatic rings. The Bertz CT molecular complexity index is 354. The summed E-state index contributed by atoms with van der Waals surface area (Å²) in [5.74, 6) is 0.920. The summed E-state index contributed by atoms with van der Waals surface area (Å²) in [6.07, 6.45) is 0. The average Bonchev–Trinajstić information content (AvgIpc) is 2.49. The van der Waals surface area contributed by atoms with Gasteiger partial charge in [0.05, 0.1) is 13.2 Å². The van der Waals surface area contributed by atoms with Crippen LogP contribution >= 0.6 is 11.6 Å². The molecule has 76 valence electrons. The maximum absolute atomic E-state index is 5.97. The van der Waals surface area contributed by atoms with Crippen LogP contribution in [0, 0.1) is 6.92 Å². The fourth-order valence-corrected chi connectivity index (χ4v) is 1.99. The molecule has 1 atom stereocenters. The molecule has 0 aliphatic carbocycles. The molecule has 0 aromatic heterocycles. The Kier molecular flexibility index (Phi) is 2.63. The van der Waals surface area contributed by atoms with E-state index in [0.717, 1.165) is 21.9 Å². The number of hydroxylamine groups is 1. The van der Waals surface area contributed by atoms with Gasteiger partial charge in [-0.1, -0.05) is 11.6 Å². The number of halogens is 1. The van der Waals surface area contributed by atoms with Crippen LogP contribution in [0.2, 0.25) is 5.02 Å². The maximum Gasteiger partial charge on any atom is 0.127 e. The minimum absolute atomic E-state index is 0.0763. The van der Waals surface area contributed by atoms with E-state index in [0.29, 0.717) is 6.61 Å². The van der Waals surface area contributed by atoms with Gasteiger partial charge in [0.1, 0.15) is 12.4 Å². The van der Waals surface area contributed by atoms with Crippen LogP contribution in [-0.4, -0.2) is 13.7 Å². The average molecular weight is 214 g/mol. The second-order valence-corrected chi connectivity index (χ2v) is 3.76. The molecule has 0 spiro atoms. The molecule has 1 unspecified atom stereocenters. The van der Waals surface area contributed by atoms with Gasteiger partial charge in [0, 0.05) is 10.6 Å². The normalized spacial score (nSPS) is 19.2. The predicted octanol–water partition coefficient (Wildman–Crippen LogP) is 2.23. The quantitative estimate of drug-likeness (QED) is 0.765. The van der Waals surface area contributed by atoms with Crippen molar-refractivity contribution < 1.29 is 9.57 Å². The van der Waals surface area contributed by atoms with Crippen LogP contribution in [0.4, 0.5) is 0 Å². The lowest BCUT2D eigenvalue weighted by Gasteiger charge is -2.09. The first-order valence-electron chi connectivity index (χ1n) is 4.43. The number of fused-ring (bicyclic) bond motifs is 1. The van der Waals surface area contributed by atoms with Crippen LogP contribution in [0.1, 0.15) is 17.2 Å². The van der Waals surface area contributed by atoms with Gasteiger partial charge < -0.3 is 9.57 Å². The van der Waals surface area contributed by atoms with E-state index < -0.39 is 0 Å². The van der Waals surface area contributed by atoms with Gasteiger partial charge in [-0.05, 0) is 24.6 Å². The molecule has 3 nitrogen and oxygen atoms in total. The zero-order chi connectivity index (χ0) is 10.1. The molecular formula is C10H12ClNO2. The van der Waals surface area contributed by atoms with Gasteiger partial charge in [0.15, 0.2) is 0 Å². The van der Waals surface area contributed by atoms with Gasteiger partial charge in [-0.3, -0.25) is 0 Å². The Morgan fingerprint density at radius 1 is 1.57 bits per heavy atom. The molecule has 1 N–H and O–H groups in total. The van der Waals surface area contributed by atoms with Gasteiger partial charge >= 0.3 is 0 Å². The van der Waals surface area contributed by atoms with Crippen LogP contribution in [-0.2, 0) is 4.84 Å². The number of ether oxygens (including phenoxy) is 1. The largest absolute Gasteiger partial charge is 0.491 e. The predicted molar refractivity (Wildman–Crippen MR) is 54.6 cm³/mol. The third kappa shape index (κ3) is 1.59. The number of hydrogen-bond donors (Lipinski definition) is 1. The van der Waals surface area contributed by atoms with Crippen molar-refractivity contribution in [3.8, 4) is 5.75 Å². The van der Waals surface area contributed by atoms with Crippen LogP contribution < -0.4 is 10.2 Å². The Balaban J connectivity index is 2.38. The molecule has 2 rings (SSSR count). The summed E-state index contributed by atoms with van der Waals surface area (Å²) >= 11 is 5.97. The van der Waals surface area contributed by atoms with E-state index in [4.69, 9.17) is 21.2 Å². The summed E-state index contributed by atoms with van der Waals surface area (Å²) in [5.41, 5.74) is 5.00. The summed E-state index contributed by atoms with van der Waals surface area (Å²) in [5, 5.41) is 0.731. The summed E-state index contributed by atoms with van der Waals surface area (Å²) in [6, 6.07) is 3.88. The third-order valence-corrected chi connectivity index (χ3v) is 2.52. The summed E-state index contributed by atoms with van der Waals surface area (Å²) in [6.45, 7) is 2.57. The van der Waals surface area contributed by atoms with E-state index in [2.05, 4.69) is 5.48 Å². The lowest BCUT2D eigenvalue weighted by atomic mass is 10.1. The monoisotopic (exact) mass is 213 g/mol. The summed E-state index contributed by atoms with van der Waals surface area (Å²) in [7, 11) is 1.59. The smallest absolute Gasteiger partial charge is 0.127 e. The molecular weight excluding hydrogens is 202 g/mol. The molecule has 0 saturated carbocycles. The zero-order valence-electron chi connectivity index (χ0n) is 8.13. The molecule has 0 saturated heterocycles. The van der Waals surface area contributed by atoms with Crippen LogP contribution in [0.3, 0.4) is 0 Å². The molecule has 0 amide bonds. The highest BCUT2D eigenvalue weighted by atomic mass is 35.5. The topological polar surface area (TPSA) is 30.5 Å². The number of rotatable bonds is 2. The Hall–Kier alpha value is -0.770. The fourth-order valence-electron chi connectivity index (χ4n) is 1.71. The van der Waals surface area contributed by atoms with Crippen molar-refractivity contribution >= 4 is 11.6 Å². The van der Waals surface area contributed by atoms with Crippen molar-refractivity contribution in [2.24, 2.45) is 0 Å². The van der Waals surface area contributed by atoms with Gasteiger partial charge in [-0.2, -0.15) is 5.48 Å². The number of hydrogen-bond acceptors (Lipinski definition) is 3. The van der Waals surface area contributed by atoms with Gasteiger partial charge in [-0.25, -0.2) is 0 Å². The highest BCUT2D eigenvalue weighted by Crippen LogP contribution is 2.37. The highest BCUT2D eigenvalue weighted by molar-refractivity contribution is 6.30. The highest BCUT2D eigenvalue weighted by Gasteiger charge is 2.25. The second kappa shape index (κ2) is 3.77. The van der Waals surface area contributed by atoms with Crippen molar-refractivity contribution in [2.45, 2.75) is 13.0 Å². The van der Waals surface area contributed by atoms with Crippen molar-refractivity contribution in [1.29, 1.82) is 0 Å². The first-order valence-corrected chi connectivity index (χ1v) is 4.81. The molecule has 4 heteroatoms. The number of benzene rings is 1. The van der Waals surface area contributed by atoms with E-state index in [9.17, 15) is 0 Å². The molecule has 1 aromatic carbocycles. The van der Waals surface area contributed by atoms with E-state index in [-0.39, 0.29) is 6.04 Å². The zero-order valence-corrected chi connectivity index (χ0v) is 8.89. The van der Waals surface area contributed by atoms with Gasteiger partial charge in [-0.15, -0.1) is 0 Å². The number of aryl methyl sites for hydroxylation is 1. The molecule has 1 heterocycles. The lowest BCUT2D eigenvalue weighted by molar-refractivity contribution is 0.0536. The van der Waals surface area contributed by atoms with E-state index in [1.165, 1.54) is 0 Å². The van der Waals surface area contributed by atoms with Gasteiger partial charge in [0.25, 0.3) is 0 Å². The maximum atomic E-state index is 5.97. The standard InChI is InChI=1S/C10H12ClNO2/c1-6-3-7(11)4-8-9(12-13-2)5-14-10(6)8/h3-4,9,12H,5H2,1-2H3. The summed E-state index contributed by atoms with van der Waals surface area (Å²) in [4.78, 5) is 4.89. The minimum atomic E-state index is 0.0763. The number of nitrogens with one attached hydrogen (secondary N) is 1. The Labute approximate surface area is 87.9 Å². The van der Waals surface area contributed by atoms with Crippen LogP contribution in [0.25, 0.3) is 0 Å². The molecule has 1 aliphatic heterocycles. The van der Waals surface area contributed by atoms with Crippen molar-refractivity contribution in [3.63, 3.8) is 0 Å². The van der Waals surface area contributed by atoms with Gasteiger partial charge in [0.2, 0.25) is 0 Å². The molecule has 1 aromatic rings. The molecule has 14 heavy (non-hydrogen) atoms. The lowest BCUT2D eigenvalue weighted by Crippen LogP contribution is -2.20. The molecule has 0 bridgehead atoms. The Morgan fingerprint density at radius 2 is 2.36 bits per heavy atom. The van der Waals surface area contributed by atoms with E-state index in [1.54, 1.807) is 7.11 Å². The van der Waals surface area contributed by atoms with Crippen LogP contribution in [0.15, 0.2) is 12.1 Å².